The summed E-state index contributed by atoms with van der Waals surface area (Å²) in [6.07, 6.45) is 4.86. The van der Waals surface area contributed by atoms with Gasteiger partial charge in [-0.1, -0.05) is 24.3 Å². The van der Waals surface area contributed by atoms with Crippen molar-refractivity contribution in [3.63, 3.8) is 0 Å². The van der Waals surface area contributed by atoms with Crippen molar-refractivity contribution in [1.29, 1.82) is 0 Å². The van der Waals surface area contributed by atoms with E-state index in [1.165, 1.54) is 10.8 Å². The van der Waals surface area contributed by atoms with Crippen LogP contribution in [-0.4, -0.2) is 24.2 Å². The van der Waals surface area contributed by atoms with E-state index in [0.717, 1.165) is 25.3 Å². The molecule has 1 N–H and O–H groups in total. The standard InChI is InChI=1S/C13H14N2O/c1-2-4-12-10(3-1)7-14-8-13(12)15-11-5-6-16-9-11/h1-4,7-8,11,15H,5-6,9H2. The van der Waals surface area contributed by atoms with Crippen LogP contribution >= 0.6 is 0 Å². The summed E-state index contributed by atoms with van der Waals surface area (Å²) in [7, 11) is 0. The first-order chi connectivity index (χ1) is 7.93. The van der Waals surface area contributed by atoms with Gasteiger partial charge < -0.3 is 10.1 Å². The first kappa shape index (κ1) is 9.60. The van der Waals surface area contributed by atoms with E-state index in [9.17, 15) is 0 Å². The molecule has 1 aromatic carbocycles. The summed E-state index contributed by atoms with van der Waals surface area (Å²) < 4.78 is 5.36. The highest BCUT2D eigenvalue weighted by molar-refractivity contribution is 5.92. The van der Waals surface area contributed by atoms with Crippen LogP contribution in [0.3, 0.4) is 0 Å². The van der Waals surface area contributed by atoms with E-state index >= 15 is 0 Å². The highest BCUT2D eigenvalue weighted by Gasteiger charge is 2.15. The van der Waals surface area contributed by atoms with Crippen molar-refractivity contribution < 1.29 is 4.74 Å². The molecule has 0 amide bonds. The van der Waals surface area contributed by atoms with Crippen LogP contribution in [0, 0.1) is 0 Å². The predicted molar refractivity (Wildman–Crippen MR) is 64.6 cm³/mol. The number of nitrogens with one attached hydrogen (secondary N) is 1. The first-order valence-corrected chi connectivity index (χ1v) is 5.60. The highest BCUT2D eigenvalue weighted by atomic mass is 16.5. The molecule has 3 nitrogen and oxygen atoms in total. The molecule has 0 bridgehead atoms. The van der Waals surface area contributed by atoms with Crippen molar-refractivity contribution in [2.24, 2.45) is 0 Å². The lowest BCUT2D eigenvalue weighted by Gasteiger charge is -2.13. The van der Waals surface area contributed by atoms with E-state index in [-0.39, 0.29) is 0 Å². The lowest BCUT2D eigenvalue weighted by Crippen LogP contribution is -2.19. The Hall–Kier alpha value is -1.61. The van der Waals surface area contributed by atoms with Crippen LogP contribution in [0.2, 0.25) is 0 Å². The molecule has 82 valence electrons. The maximum absolute atomic E-state index is 5.36. The van der Waals surface area contributed by atoms with Crippen LogP contribution in [-0.2, 0) is 4.74 Å². The average molecular weight is 214 g/mol. The van der Waals surface area contributed by atoms with Crippen LogP contribution in [0.15, 0.2) is 36.7 Å². The minimum absolute atomic E-state index is 0.424. The van der Waals surface area contributed by atoms with Crippen molar-refractivity contribution in [2.75, 3.05) is 18.5 Å². The number of aromatic nitrogens is 1. The summed E-state index contributed by atoms with van der Waals surface area (Å²) in [6.45, 7) is 1.65. The molecule has 0 saturated carbocycles. The second-order valence-electron chi connectivity index (χ2n) is 4.11. The Labute approximate surface area is 94.5 Å². The summed E-state index contributed by atoms with van der Waals surface area (Å²) >= 11 is 0. The molecule has 2 heterocycles. The van der Waals surface area contributed by atoms with Gasteiger partial charge >= 0.3 is 0 Å². The number of anilines is 1. The minimum Gasteiger partial charge on any atom is -0.379 e. The van der Waals surface area contributed by atoms with Gasteiger partial charge in [-0.25, -0.2) is 0 Å². The minimum atomic E-state index is 0.424. The number of hydrogen-bond acceptors (Lipinski definition) is 3. The molecular weight excluding hydrogens is 200 g/mol. The van der Waals surface area contributed by atoms with Crippen molar-refractivity contribution in [3.8, 4) is 0 Å². The number of rotatable bonds is 2. The zero-order valence-electron chi connectivity index (χ0n) is 9.02. The molecule has 2 aromatic rings. The van der Waals surface area contributed by atoms with Crippen molar-refractivity contribution >= 4 is 16.5 Å². The summed E-state index contributed by atoms with van der Waals surface area (Å²) in [4.78, 5) is 4.25. The van der Waals surface area contributed by atoms with E-state index < -0.39 is 0 Å². The fourth-order valence-corrected chi connectivity index (χ4v) is 2.10. The Kier molecular flexibility index (Phi) is 2.46. The largest absolute Gasteiger partial charge is 0.379 e. The maximum atomic E-state index is 5.36. The third-order valence-electron chi connectivity index (χ3n) is 2.96. The summed E-state index contributed by atoms with van der Waals surface area (Å²) in [5, 5.41) is 5.90. The Morgan fingerprint density at radius 3 is 3.06 bits per heavy atom. The number of benzene rings is 1. The topological polar surface area (TPSA) is 34.1 Å². The highest BCUT2D eigenvalue weighted by Crippen LogP contribution is 2.23. The van der Waals surface area contributed by atoms with Gasteiger partial charge in [0, 0.05) is 23.6 Å². The molecule has 1 aliphatic rings. The summed E-state index contributed by atoms with van der Waals surface area (Å²) in [5.74, 6) is 0. The quantitative estimate of drug-likeness (QED) is 0.833. The zero-order chi connectivity index (χ0) is 10.8. The van der Waals surface area contributed by atoms with Crippen molar-refractivity contribution in [2.45, 2.75) is 12.5 Å². The Morgan fingerprint density at radius 2 is 2.19 bits per heavy atom. The van der Waals surface area contributed by atoms with E-state index in [4.69, 9.17) is 4.74 Å². The number of ether oxygens (including phenoxy) is 1. The lowest BCUT2D eigenvalue weighted by molar-refractivity contribution is 0.195. The lowest BCUT2D eigenvalue weighted by atomic mass is 10.1. The predicted octanol–water partition coefficient (Wildman–Crippen LogP) is 2.44. The smallest absolute Gasteiger partial charge is 0.0668 e. The summed E-state index contributed by atoms with van der Waals surface area (Å²) in [5.41, 5.74) is 1.11. The number of nitrogens with zero attached hydrogens (tertiary/aromatic N) is 1. The van der Waals surface area contributed by atoms with Crippen LogP contribution in [0.5, 0.6) is 0 Å². The second-order valence-corrected chi connectivity index (χ2v) is 4.11. The maximum Gasteiger partial charge on any atom is 0.0668 e. The third kappa shape index (κ3) is 1.74. The zero-order valence-corrected chi connectivity index (χ0v) is 9.02. The molecule has 1 aromatic heterocycles. The molecule has 1 unspecified atom stereocenters. The molecular formula is C13H14N2O. The van der Waals surface area contributed by atoms with Gasteiger partial charge in [-0.3, -0.25) is 4.98 Å². The molecule has 0 spiro atoms. The van der Waals surface area contributed by atoms with E-state index in [1.54, 1.807) is 0 Å². The first-order valence-electron chi connectivity index (χ1n) is 5.60. The van der Waals surface area contributed by atoms with Gasteiger partial charge in [0.05, 0.1) is 24.5 Å². The fraction of sp³-hybridized carbons (Fsp3) is 0.308. The van der Waals surface area contributed by atoms with Crippen molar-refractivity contribution in [1.82, 2.24) is 4.98 Å². The van der Waals surface area contributed by atoms with Crippen molar-refractivity contribution in [3.05, 3.63) is 36.7 Å². The van der Waals surface area contributed by atoms with Crippen LogP contribution in [0.25, 0.3) is 10.8 Å². The molecule has 3 heteroatoms. The van der Waals surface area contributed by atoms with Gasteiger partial charge in [0.1, 0.15) is 0 Å². The molecule has 1 saturated heterocycles. The molecule has 1 aliphatic heterocycles. The number of pyridine rings is 1. The SMILES string of the molecule is c1ccc2c(NC3CCOC3)cncc2c1. The fourth-order valence-electron chi connectivity index (χ4n) is 2.10. The third-order valence-corrected chi connectivity index (χ3v) is 2.96. The van der Waals surface area contributed by atoms with Crippen LogP contribution < -0.4 is 5.32 Å². The van der Waals surface area contributed by atoms with Gasteiger partial charge in [-0.05, 0) is 6.42 Å². The molecule has 0 aliphatic carbocycles. The molecule has 1 fully saturated rings. The van der Waals surface area contributed by atoms with Crippen LogP contribution in [0.1, 0.15) is 6.42 Å². The van der Waals surface area contributed by atoms with Gasteiger partial charge in [0.25, 0.3) is 0 Å². The van der Waals surface area contributed by atoms with Gasteiger partial charge in [-0.15, -0.1) is 0 Å². The Morgan fingerprint density at radius 1 is 1.25 bits per heavy atom. The van der Waals surface area contributed by atoms with E-state index in [2.05, 4.69) is 28.5 Å². The Balaban J connectivity index is 1.96. The van der Waals surface area contributed by atoms with E-state index in [0.29, 0.717) is 6.04 Å². The summed E-state index contributed by atoms with van der Waals surface area (Å²) in [6, 6.07) is 8.71. The van der Waals surface area contributed by atoms with Crippen LogP contribution in [0.4, 0.5) is 5.69 Å². The average Bonchev–Trinajstić information content (AvgIpc) is 2.82. The van der Waals surface area contributed by atoms with E-state index in [1.807, 2.05) is 18.5 Å². The normalized spacial score (nSPS) is 20.1. The van der Waals surface area contributed by atoms with Gasteiger partial charge in [0.15, 0.2) is 0 Å². The molecule has 16 heavy (non-hydrogen) atoms. The number of fused-ring (bicyclic) bond motifs is 1. The van der Waals surface area contributed by atoms with Gasteiger partial charge in [0.2, 0.25) is 0 Å². The number of hydrogen-bond donors (Lipinski definition) is 1. The monoisotopic (exact) mass is 214 g/mol. The molecule has 0 radical (unpaired) electrons. The Bertz CT molecular complexity index is 487. The molecule has 3 rings (SSSR count). The second kappa shape index (κ2) is 4.10. The van der Waals surface area contributed by atoms with Gasteiger partial charge in [-0.2, -0.15) is 0 Å². The molecule has 1 atom stereocenters.